The summed E-state index contributed by atoms with van der Waals surface area (Å²) in [5, 5.41) is 12.9. The van der Waals surface area contributed by atoms with Crippen LogP contribution in [0.5, 0.6) is 0 Å². The second-order valence-corrected chi connectivity index (χ2v) is 5.58. The van der Waals surface area contributed by atoms with Crippen molar-refractivity contribution in [1.29, 1.82) is 5.26 Å². The molecule has 0 spiro atoms. The summed E-state index contributed by atoms with van der Waals surface area (Å²) in [5.41, 5.74) is -0.408. The molecule has 0 atom stereocenters. The van der Waals surface area contributed by atoms with Crippen molar-refractivity contribution in [2.24, 2.45) is 5.41 Å². The lowest BCUT2D eigenvalue weighted by Crippen LogP contribution is -2.23. The summed E-state index contributed by atoms with van der Waals surface area (Å²) in [4.78, 5) is 11.5. The summed E-state index contributed by atoms with van der Waals surface area (Å²) in [7, 11) is 0. The van der Waals surface area contributed by atoms with Gasteiger partial charge in [0, 0.05) is 16.2 Å². The average molecular weight is 331 g/mol. The Labute approximate surface area is 108 Å². The maximum atomic E-state index is 11.5. The second kappa shape index (κ2) is 5.43. The van der Waals surface area contributed by atoms with E-state index in [1.807, 2.05) is 13.8 Å². The Morgan fingerprint density at radius 1 is 1.62 bits per heavy atom. The molecule has 0 N–H and O–H groups in total. The zero-order valence-electron chi connectivity index (χ0n) is 9.40. The van der Waals surface area contributed by atoms with E-state index in [4.69, 9.17) is 5.26 Å². The molecule has 1 heterocycles. The zero-order valence-corrected chi connectivity index (χ0v) is 11.6. The van der Waals surface area contributed by atoms with Gasteiger partial charge in [0.25, 0.3) is 5.56 Å². The van der Waals surface area contributed by atoms with Crippen molar-refractivity contribution < 1.29 is 0 Å². The third kappa shape index (κ3) is 3.93. The first-order chi connectivity index (χ1) is 7.44. The topological polar surface area (TPSA) is 58.7 Å². The van der Waals surface area contributed by atoms with Gasteiger partial charge in [-0.15, -0.1) is 0 Å². The van der Waals surface area contributed by atoms with E-state index in [-0.39, 0.29) is 11.0 Å². The lowest BCUT2D eigenvalue weighted by Gasteiger charge is -2.14. The molecule has 4 nitrogen and oxygen atoms in total. The number of aryl methyl sites for hydroxylation is 1. The van der Waals surface area contributed by atoms with Gasteiger partial charge in [-0.05, 0) is 49.3 Å². The monoisotopic (exact) mass is 331 g/mol. The smallest absolute Gasteiger partial charge is 0.267 e. The van der Waals surface area contributed by atoms with Crippen LogP contribution in [0.4, 0.5) is 0 Å². The molecule has 0 aliphatic heterocycles. The minimum Gasteiger partial charge on any atom is -0.268 e. The van der Waals surface area contributed by atoms with Crippen LogP contribution in [0.1, 0.15) is 26.7 Å². The van der Waals surface area contributed by atoms with E-state index in [1.54, 1.807) is 12.3 Å². The van der Waals surface area contributed by atoms with Crippen molar-refractivity contribution in [2.45, 2.75) is 33.2 Å². The fourth-order valence-corrected chi connectivity index (χ4v) is 1.70. The maximum absolute atomic E-state index is 11.5. The number of nitrogens with zero attached hydrogens (tertiary/aromatic N) is 3. The zero-order chi connectivity index (χ0) is 12.2. The molecule has 0 saturated carbocycles. The van der Waals surface area contributed by atoms with Gasteiger partial charge in [0.15, 0.2) is 0 Å². The standard InChI is InChI=1S/C11H14IN3O/c1-11(2,8-13)4-3-5-15-10(16)6-9(12)7-14-15/h6-7H,3-5H2,1-2H3. The quantitative estimate of drug-likeness (QED) is 0.795. The lowest BCUT2D eigenvalue weighted by atomic mass is 9.90. The van der Waals surface area contributed by atoms with Gasteiger partial charge >= 0.3 is 0 Å². The first-order valence-electron chi connectivity index (χ1n) is 5.08. The molecule has 1 aromatic rings. The molecule has 1 aromatic heterocycles. The summed E-state index contributed by atoms with van der Waals surface area (Å²) < 4.78 is 2.28. The number of hydrogen-bond donors (Lipinski definition) is 0. The Hall–Kier alpha value is -0.900. The van der Waals surface area contributed by atoms with Gasteiger partial charge in [-0.1, -0.05) is 0 Å². The van der Waals surface area contributed by atoms with E-state index in [0.717, 1.165) is 16.4 Å². The predicted octanol–water partition coefficient (Wildman–Crippen LogP) is 2.18. The van der Waals surface area contributed by atoms with E-state index in [2.05, 4.69) is 33.8 Å². The molecule has 16 heavy (non-hydrogen) atoms. The molecule has 0 unspecified atom stereocenters. The third-order valence-electron chi connectivity index (χ3n) is 2.31. The number of nitriles is 1. The SMILES string of the molecule is CC(C)(C#N)CCCn1ncc(I)cc1=O. The molecule has 0 saturated heterocycles. The summed E-state index contributed by atoms with van der Waals surface area (Å²) in [5.74, 6) is 0. The third-order valence-corrected chi connectivity index (χ3v) is 2.90. The lowest BCUT2D eigenvalue weighted by molar-refractivity contribution is 0.402. The first kappa shape index (κ1) is 13.2. The van der Waals surface area contributed by atoms with Crippen molar-refractivity contribution >= 4 is 22.6 Å². The molecular formula is C11H14IN3O. The molecular weight excluding hydrogens is 317 g/mol. The number of hydrogen-bond acceptors (Lipinski definition) is 3. The Balaban J connectivity index is 2.57. The van der Waals surface area contributed by atoms with Gasteiger partial charge in [-0.3, -0.25) is 4.79 Å². The summed E-state index contributed by atoms with van der Waals surface area (Å²) in [6, 6.07) is 3.80. The predicted molar refractivity (Wildman–Crippen MR) is 69.8 cm³/mol. The van der Waals surface area contributed by atoms with Crippen LogP contribution < -0.4 is 5.56 Å². The molecule has 0 bridgehead atoms. The Morgan fingerprint density at radius 2 is 2.31 bits per heavy atom. The van der Waals surface area contributed by atoms with Crippen LogP contribution in [-0.2, 0) is 6.54 Å². The molecule has 0 amide bonds. The van der Waals surface area contributed by atoms with Gasteiger partial charge in [0.2, 0.25) is 0 Å². The van der Waals surface area contributed by atoms with Crippen LogP contribution >= 0.6 is 22.6 Å². The largest absolute Gasteiger partial charge is 0.268 e. The van der Waals surface area contributed by atoms with Crippen molar-refractivity contribution in [3.63, 3.8) is 0 Å². The minimum atomic E-state index is -0.327. The van der Waals surface area contributed by atoms with Crippen molar-refractivity contribution in [3.8, 4) is 6.07 Å². The van der Waals surface area contributed by atoms with Crippen LogP contribution in [0.15, 0.2) is 17.1 Å². The highest BCUT2D eigenvalue weighted by molar-refractivity contribution is 14.1. The second-order valence-electron chi connectivity index (χ2n) is 4.33. The number of halogens is 1. The molecule has 0 aliphatic carbocycles. The molecule has 0 aromatic carbocycles. The molecule has 1 rings (SSSR count). The molecule has 0 fully saturated rings. The minimum absolute atomic E-state index is 0.0818. The highest BCUT2D eigenvalue weighted by atomic mass is 127. The van der Waals surface area contributed by atoms with E-state index < -0.39 is 0 Å². The van der Waals surface area contributed by atoms with Gasteiger partial charge in [-0.2, -0.15) is 10.4 Å². The molecule has 0 aliphatic rings. The Kier molecular flexibility index (Phi) is 4.47. The fourth-order valence-electron chi connectivity index (χ4n) is 1.31. The van der Waals surface area contributed by atoms with Gasteiger partial charge in [0.1, 0.15) is 0 Å². The normalized spacial score (nSPS) is 11.1. The fraction of sp³-hybridized carbons (Fsp3) is 0.545. The average Bonchev–Trinajstić information content (AvgIpc) is 2.21. The van der Waals surface area contributed by atoms with E-state index in [9.17, 15) is 4.79 Å². The maximum Gasteiger partial charge on any atom is 0.267 e. The van der Waals surface area contributed by atoms with Crippen LogP contribution in [0.25, 0.3) is 0 Å². The Bertz CT molecular complexity index is 459. The van der Waals surface area contributed by atoms with E-state index in [0.29, 0.717) is 6.54 Å². The van der Waals surface area contributed by atoms with Crippen molar-refractivity contribution in [2.75, 3.05) is 0 Å². The van der Waals surface area contributed by atoms with Crippen molar-refractivity contribution in [3.05, 3.63) is 26.2 Å². The summed E-state index contributed by atoms with van der Waals surface area (Å²) in [6.45, 7) is 4.37. The van der Waals surface area contributed by atoms with E-state index in [1.165, 1.54) is 4.68 Å². The summed E-state index contributed by atoms with van der Waals surface area (Å²) in [6.07, 6.45) is 3.22. The first-order valence-corrected chi connectivity index (χ1v) is 6.16. The molecule has 0 radical (unpaired) electrons. The van der Waals surface area contributed by atoms with Crippen LogP contribution in [0.3, 0.4) is 0 Å². The number of aromatic nitrogens is 2. The van der Waals surface area contributed by atoms with Gasteiger partial charge < -0.3 is 0 Å². The van der Waals surface area contributed by atoms with Crippen molar-refractivity contribution in [1.82, 2.24) is 9.78 Å². The van der Waals surface area contributed by atoms with Crippen LogP contribution in [0, 0.1) is 20.3 Å². The number of rotatable bonds is 4. The van der Waals surface area contributed by atoms with Crippen LogP contribution in [-0.4, -0.2) is 9.78 Å². The van der Waals surface area contributed by atoms with Crippen LogP contribution in [0.2, 0.25) is 0 Å². The van der Waals surface area contributed by atoms with Gasteiger partial charge in [-0.25, -0.2) is 4.68 Å². The molecule has 5 heteroatoms. The highest BCUT2D eigenvalue weighted by Crippen LogP contribution is 2.20. The Morgan fingerprint density at radius 3 is 2.88 bits per heavy atom. The summed E-state index contributed by atoms with van der Waals surface area (Å²) >= 11 is 2.06. The molecule has 86 valence electrons. The van der Waals surface area contributed by atoms with E-state index >= 15 is 0 Å². The van der Waals surface area contributed by atoms with Gasteiger partial charge in [0.05, 0.1) is 17.7 Å². The highest BCUT2D eigenvalue weighted by Gasteiger charge is 2.15.